The van der Waals surface area contributed by atoms with Crippen LogP contribution in [0.15, 0.2) is 18.2 Å². The lowest BCUT2D eigenvalue weighted by Crippen LogP contribution is -2.38. The van der Waals surface area contributed by atoms with Gasteiger partial charge in [0.2, 0.25) is 5.91 Å². The van der Waals surface area contributed by atoms with Crippen molar-refractivity contribution < 1.29 is 4.79 Å². The number of carbonyl (C=O) groups is 1. The molecule has 1 heterocycles. The van der Waals surface area contributed by atoms with Gasteiger partial charge >= 0.3 is 0 Å². The lowest BCUT2D eigenvalue weighted by molar-refractivity contribution is -0.119. The Morgan fingerprint density at radius 3 is 2.62 bits per heavy atom. The first-order valence-electron chi connectivity index (χ1n) is 5.16. The molecule has 1 aliphatic rings. The van der Waals surface area contributed by atoms with Gasteiger partial charge in [0.25, 0.3) is 0 Å². The van der Waals surface area contributed by atoms with Crippen LogP contribution in [-0.4, -0.2) is 11.4 Å². The third-order valence-corrected chi connectivity index (χ3v) is 3.64. The highest BCUT2D eigenvalue weighted by Crippen LogP contribution is 2.40. The summed E-state index contributed by atoms with van der Waals surface area (Å²) in [6.07, 6.45) is 0.465. The van der Waals surface area contributed by atoms with Crippen LogP contribution in [-0.2, 0) is 4.79 Å². The molecule has 2 nitrogen and oxygen atoms in total. The number of hydrogen-bond donors (Lipinski definition) is 1. The van der Waals surface area contributed by atoms with E-state index in [0.29, 0.717) is 16.5 Å². The third-order valence-electron chi connectivity index (χ3n) is 3.06. The molecule has 0 bridgehead atoms. The summed E-state index contributed by atoms with van der Waals surface area (Å²) in [4.78, 5) is 11.5. The molecule has 0 aliphatic carbocycles. The first-order valence-corrected chi connectivity index (χ1v) is 5.92. The Kier molecular flexibility index (Phi) is 2.89. The highest BCUT2D eigenvalue weighted by atomic mass is 35.5. The molecule has 16 heavy (non-hydrogen) atoms. The average Bonchev–Trinajstić information content (AvgIpc) is 2.43. The Hall–Kier alpha value is -0.730. The van der Waals surface area contributed by atoms with Crippen LogP contribution >= 0.6 is 23.2 Å². The van der Waals surface area contributed by atoms with E-state index >= 15 is 0 Å². The highest BCUT2D eigenvalue weighted by molar-refractivity contribution is 6.33. The molecule has 1 amide bonds. The Labute approximate surface area is 105 Å². The van der Waals surface area contributed by atoms with Gasteiger partial charge in [-0.05, 0) is 37.6 Å². The van der Waals surface area contributed by atoms with Crippen molar-refractivity contribution in [2.45, 2.75) is 31.7 Å². The summed E-state index contributed by atoms with van der Waals surface area (Å²) < 4.78 is 0. The second-order valence-corrected chi connectivity index (χ2v) is 5.54. The molecular weight excluding hydrogens is 245 g/mol. The van der Waals surface area contributed by atoms with E-state index in [4.69, 9.17) is 23.2 Å². The van der Waals surface area contributed by atoms with Gasteiger partial charge in [-0.15, -0.1) is 0 Å². The zero-order chi connectivity index (χ0) is 11.9. The molecule has 2 rings (SSSR count). The van der Waals surface area contributed by atoms with Crippen molar-refractivity contribution in [2.75, 3.05) is 0 Å². The van der Waals surface area contributed by atoms with E-state index in [1.165, 1.54) is 0 Å². The first kappa shape index (κ1) is 11.7. The normalized spacial score (nSPS) is 23.2. The fourth-order valence-electron chi connectivity index (χ4n) is 2.22. The van der Waals surface area contributed by atoms with Crippen LogP contribution in [0, 0.1) is 0 Å². The van der Waals surface area contributed by atoms with E-state index in [-0.39, 0.29) is 17.4 Å². The zero-order valence-corrected chi connectivity index (χ0v) is 10.7. The summed E-state index contributed by atoms with van der Waals surface area (Å²) in [5, 5.41) is 4.26. The summed E-state index contributed by atoms with van der Waals surface area (Å²) in [6, 6.07) is 5.37. The molecule has 1 aromatic rings. The van der Waals surface area contributed by atoms with Crippen molar-refractivity contribution in [3.05, 3.63) is 33.8 Å². The van der Waals surface area contributed by atoms with Crippen LogP contribution in [0.25, 0.3) is 0 Å². The van der Waals surface area contributed by atoms with Gasteiger partial charge < -0.3 is 5.32 Å². The Bertz CT molecular complexity index is 443. The van der Waals surface area contributed by atoms with Gasteiger partial charge in [0.05, 0.1) is 0 Å². The van der Waals surface area contributed by atoms with Crippen LogP contribution in [0.1, 0.15) is 31.7 Å². The van der Waals surface area contributed by atoms with Crippen molar-refractivity contribution in [1.82, 2.24) is 5.32 Å². The summed E-state index contributed by atoms with van der Waals surface area (Å²) in [5.41, 5.74) is 0.670. The molecule has 0 spiro atoms. The van der Waals surface area contributed by atoms with Gasteiger partial charge in [-0.1, -0.05) is 23.2 Å². The molecule has 4 heteroatoms. The molecule has 1 aliphatic heterocycles. The van der Waals surface area contributed by atoms with Crippen molar-refractivity contribution >= 4 is 29.1 Å². The average molecular weight is 258 g/mol. The molecule has 1 atom stereocenters. The maximum absolute atomic E-state index is 11.5. The number of halogens is 2. The topological polar surface area (TPSA) is 29.1 Å². The predicted octanol–water partition coefficient (Wildman–Crippen LogP) is 3.38. The minimum atomic E-state index is -0.272. The largest absolute Gasteiger partial charge is 0.351 e. The molecule has 1 unspecified atom stereocenters. The van der Waals surface area contributed by atoms with Gasteiger partial charge in [0.15, 0.2) is 0 Å². The SMILES string of the molecule is CC1(C)NC(=O)CC1c1cc(Cl)ccc1Cl. The molecule has 1 N–H and O–H groups in total. The van der Waals surface area contributed by atoms with Gasteiger partial charge in [0.1, 0.15) is 0 Å². The van der Waals surface area contributed by atoms with Crippen molar-refractivity contribution in [2.24, 2.45) is 0 Å². The monoisotopic (exact) mass is 257 g/mol. The Balaban J connectivity index is 2.44. The number of rotatable bonds is 1. The van der Waals surface area contributed by atoms with Gasteiger partial charge in [-0.25, -0.2) is 0 Å². The minimum absolute atomic E-state index is 0.0612. The van der Waals surface area contributed by atoms with Crippen molar-refractivity contribution in [1.29, 1.82) is 0 Å². The number of benzene rings is 1. The highest BCUT2D eigenvalue weighted by Gasteiger charge is 2.40. The summed E-state index contributed by atoms with van der Waals surface area (Å²) in [5.74, 6) is 0.136. The molecule has 0 radical (unpaired) electrons. The maximum Gasteiger partial charge on any atom is 0.221 e. The van der Waals surface area contributed by atoms with Crippen LogP contribution in [0.3, 0.4) is 0 Å². The summed E-state index contributed by atoms with van der Waals surface area (Å²) in [6.45, 7) is 4.00. The first-order chi connectivity index (χ1) is 7.40. The van der Waals surface area contributed by atoms with E-state index in [1.807, 2.05) is 19.9 Å². The standard InChI is InChI=1S/C12H13Cl2NO/c1-12(2)9(6-11(16)15-12)8-5-7(13)3-4-10(8)14/h3-5,9H,6H2,1-2H3,(H,15,16). The zero-order valence-electron chi connectivity index (χ0n) is 9.18. The number of nitrogens with one attached hydrogen (secondary N) is 1. The fraction of sp³-hybridized carbons (Fsp3) is 0.417. The van der Waals surface area contributed by atoms with Gasteiger partial charge in [-0.2, -0.15) is 0 Å². The van der Waals surface area contributed by atoms with Crippen molar-refractivity contribution in [3.63, 3.8) is 0 Å². The van der Waals surface area contributed by atoms with Crippen LogP contribution < -0.4 is 5.32 Å². The quantitative estimate of drug-likeness (QED) is 0.822. The van der Waals surface area contributed by atoms with Crippen LogP contribution in [0.4, 0.5) is 0 Å². The van der Waals surface area contributed by atoms with Crippen molar-refractivity contribution in [3.8, 4) is 0 Å². The minimum Gasteiger partial charge on any atom is -0.351 e. The molecular formula is C12H13Cl2NO. The van der Waals surface area contributed by atoms with E-state index < -0.39 is 0 Å². The van der Waals surface area contributed by atoms with Gasteiger partial charge in [-0.3, -0.25) is 4.79 Å². The van der Waals surface area contributed by atoms with E-state index in [0.717, 1.165) is 5.56 Å². The predicted molar refractivity (Wildman–Crippen MR) is 66.0 cm³/mol. The van der Waals surface area contributed by atoms with E-state index in [2.05, 4.69) is 5.32 Å². The third kappa shape index (κ3) is 2.04. The summed E-state index contributed by atoms with van der Waals surface area (Å²) in [7, 11) is 0. The summed E-state index contributed by atoms with van der Waals surface area (Å²) >= 11 is 12.1. The molecule has 1 saturated heterocycles. The fourth-order valence-corrected chi connectivity index (χ4v) is 2.65. The lowest BCUT2D eigenvalue weighted by atomic mass is 9.83. The second-order valence-electron chi connectivity index (χ2n) is 4.69. The number of amides is 1. The molecule has 1 aromatic carbocycles. The lowest BCUT2D eigenvalue weighted by Gasteiger charge is -2.27. The maximum atomic E-state index is 11.5. The van der Waals surface area contributed by atoms with E-state index in [1.54, 1.807) is 12.1 Å². The number of hydrogen-bond acceptors (Lipinski definition) is 1. The molecule has 86 valence electrons. The second kappa shape index (κ2) is 3.94. The van der Waals surface area contributed by atoms with Gasteiger partial charge in [0, 0.05) is 27.9 Å². The molecule has 1 fully saturated rings. The Morgan fingerprint density at radius 1 is 1.38 bits per heavy atom. The number of carbonyl (C=O) groups excluding carboxylic acids is 1. The molecule has 0 aromatic heterocycles. The van der Waals surface area contributed by atoms with Crippen LogP contribution in [0.5, 0.6) is 0 Å². The smallest absolute Gasteiger partial charge is 0.221 e. The molecule has 0 saturated carbocycles. The van der Waals surface area contributed by atoms with E-state index in [9.17, 15) is 4.79 Å². The Morgan fingerprint density at radius 2 is 2.06 bits per heavy atom. The van der Waals surface area contributed by atoms with Crippen LogP contribution in [0.2, 0.25) is 10.0 Å².